The van der Waals surface area contributed by atoms with Gasteiger partial charge in [0, 0.05) is 13.1 Å². The minimum atomic E-state index is -0.156. The van der Waals surface area contributed by atoms with E-state index in [2.05, 4.69) is 45.6 Å². The molecule has 3 heteroatoms. The van der Waals surface area contributed by atoms with E-state index in [9.17, 15) is 0 Å². The summed E-state index contributed by atoms with van der Waals surface area (Å²) in [5.74, 6) is 0. The summed E-state index contributed by atoms with van der Waals surface area (Å²) in [6, 6.07) is 6.09. The van der Waals surface area contributed by atoms with E-state index >= 15 is 0 Å². The highest BCUT2D eigenvalue weighted by molar-refractivity contribution is 5.71. The number of morpholine rings is 1. The summed E-state index contributed by atoms with van der Waals surface area (Å²) in [5, 5.41) is 0. The summed E-state index contributed by atoms with van der Waals surface area (Å²) in [4.78, 5) is 2.36. The lowest BCUT2D eigenvalue weighted by Gasteiger charge is -2.48. The third-order valence-electron chi connectivity index (χ3n) is 3.28. The van der Waals surface area contributed by atoms with E-state index in [1.807, 2.05) is 12.1 Å². The fourth-order valence-corrected chi connectivity index (χ4v) is 3.06. The van der Waals surface area contributed by atoms with Crippen molar-refractivity contribution in [2.45, 2.75) is 45.8 Å². The van der Waals surface area contributed by atoms with Gasteiger partial charge in [-0.25, -0.2) is 0 Å². The van der Waals surface area contributed by atoms with Gasteiger partial charge in [-0.3, -0.25) is 0 Å². The van der Waals surface area contributed by atoms with Gasteiger partial charge in [0.05, 0.1) is 22.6 Å². The maximum absolute atomic E-state index is 6.15. The van der Waals surface area contributed by atoms with Crippen molar-refractivity contribution in [3.8, 4) is 0 Å². The first-order valence-corrected chi connectivity index (χ1v) is 6.50. The Morgan fingerprint density at radius 1 is 1.11 bits per heavy atom. The lowest BCUT2D eigenvalue weighted by molar-refractivity contribution is -0.133. The Morgan fingerprint density at radius 2 is 1.67 bits per heavy atom. The van der Waals surface area contributed by atoms with Gasteiger partial charge < -0.3 is 15.4 Å². The fraction of sp³-hybridized carbons (Fsp3) is 0.600. The van der Waals surface area contributed by atoms with Crippen LogP contribution >= 0.6 is 0 Å². The molecule has 0 radical (unpaired) electrons. The number of para-hydroxylation sites is 1. The maximum atomic E-state index is 6.15. The molecular weight excluding hydrogens is 224 g/mol. The monoisotopic (exact) mass is 248 g/mol. The lowest BCUT2D eigenvalue weighted by atomic mass is 9.97. The zero-order valence-corrected chi connectivity index (χ0v) is 12.1. The highest BCUT2D eigenvalue weighted by atomic mass is 16.5. The van der Waals surface area contributed by atoms with Crippen LogP contribution in [0.4, 0.5) is 11.4 Å². The van der Waals surface area contributed by atoms with Gasteiger partial charge in [-0.05, 0) is 46.2 Å². The first kappa shape index (κ1) is 13.2. The Morgan fingerprint density at radius 3 is 2.17 bits per heavy atom. The van der Waals surface area contributed by atoms with Gasteiger partial charge in [-0.1, -0.05) is 12.1 Å². The number of hydrogen-bond acceptors (Lipinski definition) is 3. The van der Waals surface area contributed by atoms with Crippen LogP contribution in [-0.2, 0) is 4.74 Å². The maximum Gasteiger partial charge on any atom is 0.0808 e. The molecule has 0 unspecified atom stereocenters. The Hall–Kier alpha value is -1.22. The van der Waals surface area contributed by atoms with E-state index in [0.29, 0.717) is 0 Å². The number of ether oxygens (including phenoxy) is 1. The third-order valence-corrected chi connectivity index (χ3v) is 3.28. The predicted octanol–water partition coefficient (Wildman–Crippen LogP) is 2.97. The van der Waals surface area contributed by atoms with E-state index in [4.69, 9.17) is 10.5 Å². The van der Waals surface area contributed by atoms with Gasteiger partial charge in [-0.15, -0.1) is 0 Å². The molecule has 0 bridgehead atoms. The Bertz CT molecular complexity index is 416. The highest BCUT2D eigenvalue weighted by Gasteiger charge is 2.38. The summed E-state index contributed by atoms with van der Waals surface area (Å²) in [5.41, 5.74) is 9.06. The first-order valence-electron chi connectivity index (χ1n) is 6.50. The molecule has 100 valence electrons. The van der Waals surface area contributed by atoms with Gasteiger partial charge in [0.25, 0.3) is 0 Å². The number of anilines is 2. The largest absolute Gasteiger partial charge is 0.397 e. The average Bonchev–Trinajstić information content (AvgIpc) is 2.11. The van der Waals surface area contributed by atoms with E-state index in [1.165, 1.54) is 5.56 Å². The average molecular weight is 248 g/mol. The predicted molar refractivity (Wildman–Crippen MR) is 77.0 cm³/mol. The second kappa shape index (κ2) is 4.16. The molecule has 1 aliphatic rings. The molecule has 1 heterocycles. The van der Waals surface area contributed by atoms with Crippen LogP contribution in [0.25, 0.3) is 0 Å². The molecule has 3 nitrogen and oxygen atoms in total. The molecule has 1 saturated heterocycles. The Balaban J connectivity index is 2.39. The summed E-state index contributed by atoms with van der Waals surface area (Å²) in [7, 11) is 0. The number of rotatable bonds is 1. The van der Waals surface area contributed by atoms with Crippen LogP contribution in [0.5, 0.6) is 0 Å². The van der Waals surface area contributed by atoms with Crippen molar-refractivity contribution in [2.24, 2.45) is 0 Å². The molecule has 1 aromatic carbocycles. The molecular formula is C15H24N2O. The van der Waals surface area contributed by atoms with Crippen LogP contribution in [0.15, 0.2) is 18.2 Å². The van der Waals surface area contributed by atoms with Crippen LogP contribution in [0.1, 0.15) is 33.3 Å². The van der Waals surface area contributed by atoms with Crippen LogP contribution in [0.2, 0.25) is 0 Å². The van der Waals surface area contributed by atoms with E-state index in [1.54, 1.807) is 0 Å². The van der Waals surface area contributed by atoms with Crippen molar-refractivity contribution in [1.29, 1.82) is 0 Å². The standard InChI is InChI=1S/C15H24N2O/c1-11-7-6-8-12(16)13(11)17-9-14(2,3)18-15(4,5)10-17/h6-8H,9-10,16H2,1-5H3. The quantitative estimate of drug-likeness (QED) is 0.777. The molecule has 0 saturated carbocycles. The van der Waals surface area contributed by atoms with Gasteiger partial charge in [0.1, 0.15) is 0 Å². The molecule has 18 heavy (non-hydrogen) atoms. The number of aryl methyl sites for hydroxylation is 1. The molecule has 1 aromatic rings. The van der Waals surface area contributed by atoms with E-state index in [-0.39, 0.29) is 11.2 Å². The van der Waals surface area contributed by atoms with Gasteiger partial charge in [0.2, 0.25) is 0 Å². The summed E-state index contributed by atoms with van der Waals surface area (Å²) >= 11 is 0. The van der Waals surface area contributed by atoms with Crippen molar-refractivity contribution >= 4 is 11.4 Å². The second-order valence-corrected chi connectivity index (χ2v) is 6.49. The summed E-state index contributed by atoms with van der Waals surface area (Å²) in [6.45, 7) is 12.4. The number of nitrogen functional groups attached to an aromatic ring is 1. The number of nitrogens with zero attached hydrogens (tertiary/aromatic N) is 1. The summed E-state index contributed by atoms with van der Waals surface area (Å²) < 4.78 is 6.11. The molecule has 0 aliphatic carbocycles. The Labute approximate surface area is 110 Å². The van der Waals surface area contributed by atoms with Crippen LogP contribution < -0.4 is 10.6 Å². The normalized spacial score (nSPS) is 21.9. The third kappa shape index (κ3) is 2.61. The first-order chi connectivity index (χ1) is 8.20. The molecule has 2 N–H and O–H groups in total. The van der Waals surface area contributed by atoms with Crippen molar-refractivity contribution in [1.82, 2.24) is 0 Å². The number of nitrogens with two attached hydrogens (primary N) is 1. The zero-order valence-electron chi connectivity index (χ0n) is 12.1. The van der Waals surface area contributed by atoms with Crippen molar-refractivity contribution in [3.05, 3.63) is 23.8 Å². The SMILES string of the molecule is Cc1cccc(N)c1N1CC(C)(C)OC(C)(C)C1. The molecule has 0 spiro atoms. The minimum absolute atomic E-state index is 0.156. The second-order valence-electron chi connectivity index (χ2n) is 6.49. The molecule has 0 amide bonds. The molecule has 1 aliphatic heterocycles. The molecule has 0 aromatic heterocycles. The van der Waals surface area contributed by atoms with E-state index < -0.39 is 0 Å². The lowest BCUT2D eigenvalue weighted by Crippen LogP contribution is -2.57. The highest BCUT2D eigenvalue weighted by Crippen LogP contribution is 2.35. The topological polar surface area (TPSA) is 38.5 Å². The van der Waals surface area contributed by atoms with E-state index in [0.717, 1.165) is 24.5 Å². The van der Waals surface area contributed by atoms with Crippen LogP contribution in [-0.4, -0.2) is 24.3 Å². The number of benzene rings is 1. The van der Waals surface area contributed by atoms with Crippen molar-refractivity contribution in [2.75, 3.05) is 23.7 Å². The molecule has 2 rings (SSSR count). The van der Waals surface area contributed by atoms with Gasteiger partial charge >= 0.3 is 0 Å². The molecule has 0 atom stereocenters. The Kier molecular flexibility index (Phi) is 3.06. The van der Waals surface area contributed by atoms with Gasteiger partial charge in [0.15, 0.2) is 0 Å². The van der Waals surface area contributed by atoms with Crippen LogP contribution in [0.3, 0.4) is 0 Å². The molecule has 1 fully saturated rings. The van der Waals surface area contributed by atoms with Crippen molar-refractivity contribution in [3.63, 3.8) is 0 Å². The smallest absolute Gasteiger partial charge is 0.0808 e. The zero-order chi connectivity index (χ0) is 13.6. The summed E-state index contributed by atoms with van der Waals surface area (Å²) in [6.07, 6.45) is 0. The minimum Gasteiger partial charge on any atom is -0.397 e. The fourth-order valence-electron chi connectivity index (χ4n) is 3.06. The van der Waals surface area contributed by atoms with Gasteiger partial charge in [-0.2, -0.15) is 0 Å². The van der Waals surface area contributed by atoms with Crippen molar-refractivity contribution < 1.29 is 4.74 Å². The van der Waals surface area contributed by atoms with Crippen LogP contribution in [0, 0.1) is 6.92 Å². The number of hydrogen-bond donors (Lipinski definition) is 1.